The number of hydrogen-bond donors (Lipinski definition) is 1. The second-order valence-electron chi connectivity index (χ2n) is 6.98. The lowest BCUT2D eigenvalue weighted by Crippen LogP contribution is -2.39. The van der Waals surface area contributed by atoms with Crippen LogP contribution in [0.1, 0.15) is 30.1 Å². The number of nitrogens with zero attached hydrogens (tertiary/aromatic N) is 1. The summed E-state index contributed by atoms with van der Waals surface area (Å²) in [6.45, 7) is 3.49. The average molecular weight is 467 g/mol. The molecule has 2 aromatic rings. The van der Waals surface area contributed by atoms with E-state index in [0.29, 0.717) is 30.3 Å². The molecule has 0 aliphatic carbocycles. The Hall–Kier alpha value is -2.06. The Bertz CT molecular complexity index is 961. The minimum Gasteiger partial charge on any atom is -0.495 e. The van der Waals surface area contributed by atoms with E-state index in [2.05, 4.69) is 27.6 Å². The van der Waals surface area contributed by atoms with Crippen LogP contribution in [0, 0.1) is 5.92 Å². The molecule has 1 saturated heterocycles. The summed E-state index contributed by atoms with van der Waals surface area (Å²) < 4.78 is 34.5. The number of halogens is 1. The van der Waals surface area contributed by atoms with Crippen molar-refractivity contribution >= 4 is 37.5 Å². The highest BCUT2D eigenvalue weighted by Gasteiger charge is 2.26. The molecule has 6 nitrogen and oxygen atoms in total. The summed E-state index contributed by atoms with van der Waals surface area (Å²) in [7, 11) is -2.52. The highest BCUT2D eigenvalue weighted by Crippen LogP contribution is 2.28. The van der Waals surface area contributed by atoms with E-state index >= 15 is 0 Å². The Morgan fingerprint density at radius 2 is 1.93 bits per heavy atom. The summed E-state index contributed by atoms with van der Waals surface area (Å²) >= 11 is 3.32. The smallest absolute Gasteiger partial charge is 0.265 e. The van der Waals surface area contributed by atoms with Gasteiger partial charge in [-0.1, -0.05) is 22.9 Å². The highest BCUT2D eigenvalue weighted by molar-refractivity contribution is 9.10. The van der Waals surface area contributed by atoms with E-state index < -0.39 is 10.0 Å². The van der Waals surface area contributed by atoms with Gasteiger partial charge in [-0.3, -0.25) is 9.52 Å². The number of methoxy groups -OCH3 is 1. The number of piperidine rings is 1. The van der Waals surface area contributed by atoms with Crippen LogP contribution in [-0.2, 0) is 10.0 Å². The fourth-order valence-electron chi connectivity index (χ4n) is 3.30. The Kier molecular flexibility index (Phi) is 6.30. The number of likely N-dealkylation sites (tertiary alicyclic amines) is 1. The van der Waals surface area contributed by atoms with Crippen LogP contribution in [0.2, 0.25) is 0 Å². The third-order valence-electron chi connectivity index (χ3n) is 4.74. The molecule has 1 aliphatic rings. The number of sulfonamides is 1. The molecule has 150 valence electrons. The maximum atomic E-state index is 12.9. The molecule has 0 bridgehead atoms. The molecular formula is C20H23BrN2O4S. The first-order chi connectivity index (χ1) is 13.3. The fourth-order valence-corrected chi connectivity index (χ4v) is 4.82. The van der Waals surface area contributed by atoms with Crippen LogP contribution in [-0.4, -0.2) is 39.4 Å². The van der Waals surface area contributed by atoms with Crippen molar-refractivity contribution in [2.75, 3.05) is 24.9 Å². The van der Waals surface area contributed by atoms with E-state index in [-0.39, 0.29) is 16.6 Å². The fraction of sp³-hybridized carbons (Fsp3) is 0.350. The highest BCUT2D eigenvalue weighted by atomic mass is 79.9. The number of ether oxygens (including phenoxy) is 1. The lowest BCUT2D eigenvalue weighted by molar-refractivity contribution is 0.0682. The average Bonchev–Trinajstić information content (AvgIpc) is 2.68. The molecule has 1 unspecified atom stereocenters. The molecule has 8 heteroatoms. The van der Waals surface area contributed by atoms with Crippen molar-refractivity contribution in [3.05, 3.63) is 52.5 Å². The van der Waals surface area contributed by atoms with Crippen LogP contribution in [0.4, 0.5) is 5.69 Å². The van der Waals surface area contributed by atoms with Gasteiger partial charge in [0, 0.05) is 28.8 Å². The van der Waals surface area contributed by atoms with Gasteiger partial charge >= 0.3 is 0 Å². The number of carbonyl (C=O) groups excluding carboxylic acids is 1. The molecule has 1 N–H and O–H groups in total. The van der Waals surface area contributed by atoms with Crippen LogP contribution in [0.3, 0.4) is 0 Å². The molecule has 1 aliphatic heterocycles. The minimum atomic E-state index is -3.93. The maximum Gasteiger partial charge on any atom is 0.265 e. The third kappa shape index (κ3) is 4.67. The number of amides is 1. The van der Waals surface area contributed by atoms with Crippen LogP contribution < -0.4 is 9.46 Å². The number of carbonyl (C=O) groups is 1. The molecule has 1 heterocycles. The summed E-state index contributed by atoms with van der Waals surface area (Å²) in [4.78, 5) is 14.6. The lowest BCUT2D eigenvalue weighted by atomic mass is 9.99. The number of hydrogen-bond acceptors (Lipinski definition) is 4. The molecule has 2 aromatic carbocycles. The van der Waals surface area contributed by atoms with E-state index in [0.717, 1.165) is 17.3 Å². The second-order valence-corrected chi connectivity index (χ2v) is 9.54. The largest absolute Gasteiger partial charge is 0.495 e. The van der Waals surface area contributed by atoms with E-state index in [9.17, 15) is 13.2 Å². The Morgan fingerprint density at radius 1 is 1.21 bits per heavy atom. The van der Waals surface area contributed by atoms with E-state index in [1.165, 1.54) is 19.2 Å². The van der Waals surface area contributed by atoms with Crippen molar-refractivity contribution in [2.45, 2.75) is 24.7 Å². The Labute approximate surface area is 174 Å². The van der Waals surface area contributed by atoms with Gasteiger partial charge in [0.05, 0.1) is 7.11 Å². The normalized spacial score (nSPS) is 17.2. The SMILES string of the molecule is COc1ccc(C(=O)N2CCCC(C)C2)cc1S(=O)(=O)Nc1ccc(Br)cc1. The zero-order valence-electron chi connectivity index (χ0n) is 15.8. The predicted molar refractivity (Wildman–Crippen MR) is 112 cm³/mol. The summed E-state index contributed by atoms with van der Waals surface area (Å²) in [5.41, 5.74) is 0.762. The van der Waals surface area contributed by atoms with Gasteiger partial charge in [0.25, 0.3) is 15.9 Å². The molecule has 3 rings (SSSR count). The molecule has 1 atom stereocenters. The van der Waals surface area contributed by atoms with Crippen molar-refractivity contribution in [2.24, 2.45) is 5.92 Å². The predicted octanol–water partition coefficient (Wildman–Crippen LogP) is 4.13. The maximum absolute atomic E-state index is 12.9. The molecule has 1 amide bonds. The van der Waals surface area contributed by atoms with Crippen molar-refractivity contribution in [1.82, 2.24) is 4.90 Å². The lowest BCUT2D eigenvalue weighted by Gasteiger charge is -2.31. The zero-order valence-corrected chi connectivity index (χ0v) is 18.2. The first-order valence-electron chi connectivity index (χ1n) is 9.06. The van der Waals surface area contributed by atoms with Gasteiger partial charge in [-0.2, -0.15) is 0 Å². The first-order valence-corrected chi connectivity index (χ1v) is 11.3. The Balaban J connectivity index is 1.92. The molecule has 28 heavy (non-hydrogen) atoms. The first kappa shape index (κ1) is 20.7. The quantitative estimate of drug-likeness (QED) is 0.718. The summed E-state index contributed by atoms with van der Waals surface area (Å²) in [5, 5.41) is 0. The van der Waals surface area contributed by atoms with Gasteiger partial charge in [-0.25, -0.2) is 8.42 Å². The van der Waals surface area contributed by atoms with E-state index in [1.807, 2.05) is 0 Å². The molecule has 0 radical (unpaired) electrons. The third-order valence-corrected chi connectivity index (χ3v) is 6.67. The van der Waals surface area contributed by atoms with Crippen LogP contribution in [0.25, 0.3) is 0 Å². The van der Waals surface area contributed by atoms with Crippen molar-refractivity contribution in [1.29, 1.82) is 0 Å². The number of rotatable bonds is 5. The molecule has 0 spiro atoms. The number of benzene rings is 2. The van der Waals surface area contributed by atoms with Gasteiger partial charge in [0.1, 0.15) is 10.6 Å². The molecule has 1 fully saturated rings. The number of nitrogens with one attached hydrogen (secondary N) is 1. The van der Waals surface area contributed by atoms with Gasteiger partial charge in [-0.05, 0) is 61.2 Å². The van der Waals surface area contributed by atoms with Crippen LogP contribution in [0.5, 0.6) is 5.75 Å². The molecular weight excluding hydrogens is 444 g/mol. The summed E-state index contributed by atoms with van der Waals surface area (Å²) in [6.07, 6.45) is 2.06. The van der Waals surface area contributed by atoms with E-state index in [4.69, 9.17) is 4.74 Å². The summed E-state index contributed by atoms with van der Waals surface area (Å²) in [6, 6.07) is 11.3. The van der Waals surface area contributed by atoms with Gasteiger partial charge in [-0.15, -0.1) is 0 Å². The van der Waals surface area contributed by atoms with Crippen molar-refractivity contribution < 1.29 is 17.9 Å². The van der Waals surface area contributed by atoms with Gasteiger partial charge in [0.15, 0.2) is 0 Å². The Morgan fingerprint density at radius 3 is 2.57 bits per heavy atom. The standard InChI is InChI=1S/C20H23BrN2O4S/c1-14-4-3-11-23(13-14)20(24)15-5-10-18(27-2)19(12-15)28(25,26)22-17-8-6-16(21)7-9-17/h5-10,12,14,22H,3-4,11,13H2,1-2H3. The summed E-state index contributed by atoms with van der Waals surface area (Å²) in [5.74, 6) is 0.473. The van der Waals surface area contributed by atoms with Crippen LogP contribution in [0.15, 0.2) is 51.8 Å². The number of anilines is 1. The zero-order chi connectivity index (χ0) is 20.3. The van der Waals surface area contributed by atoms with Crippen LogP contribution >= 0.6 is 15.9 Å². The van der Waals surface area contributed by atoms with Gasteiger partial charge < -0.3 is 9.64 Å². The van der Waals surface area contributed by atoms with E-state index in [1.54, 1.807) is 35.2 Å². The second kappa shape index (κ2) is 8.53. The molecule has 0 saturated carbocycles. The topological polar surface area (TPSA) is 75.7 Å². The van der Waals surface area contributed by atoms with Gasteiger partial charge in [0.2, 0.25) is 0 Å². The monoisotopic (exact) mass is 466 g/mol. The van der Waals surface area contributed by atoms with Crippen molar-refractivity contribution in [3.8, 4) is 5.75 Å². The molecule has 0 aromatic heterocycles. The van der Waals surface area contributed by atoms with Crippen molar-refractivity contribution in [3.63, 3.8) is 0 Å². The minimum absolute atomic E-state index is 0.0613.